The van der Waals surface area contributed by atoms with Crippen LogP contribution in [0.5, 0.6) is 0 Å². The first-order valence-corrected chi connectivity index (χ1v) is 15.9. The molecule has 13 heteroatoms. The molecule has 254 valence electrons. The first-order valence-electron chi connectivity index (χ1n) is 15.9. The van der Waals surface area contributed by atoms with Gasteiger partial charge in [-0.25, -0.2) is 9.78 Å². The molecule has 3 N–H and O–H groups in total. The second-order valence-electron chi connectivity index (χ2n) is 13.0. The van der Waals surface area contributed by atoms with Crippen molar-refractivity contribution in [2.75, 3.05) is 25.0 Å². The van der Waals surface area contributed by atoms with Gasteiger partial charge < -0.3 is 34.5 Å². The van der Waals surface area contributed by atoms with E-state index in [1.165, 1.54) is 10.8 Å². The number of hydrogen-bond acceptors (Lipinski definition) is 8. The molecule has 6 rings (SSSR count). The van der Waals surface area contributed by atoms with Gasteiger partial charge in [-0.3, -0.25) is 14.4 Å². The average molecular weight is 667 g/mol. The van der Waals surface area contributed by atoms with Gasteiger partial charge in [0, 0.05) is 42.1 Å². The molecule has 0 aliphatic carbocycles. The van der Waals surface area contributed by atoms with Crippen LogP contribution in [0.3, 0.4) is 0 Å². The summed E-state index contributed by atoms with van der Waals surface area (Å²) in [5.74, 6) is -0.548. The maximum absolute atomic E-state index is 13.7. The van der Waals surface area contributed by atoms with Crippen LogP contribution in [0.25, 0.3) is 33.3 Å². The minimum Gasteiger partial charge on any atom is -0.444 e. The normalized spacial score (nSPS) is 13.4. The number of hydrogen-bond donors (Lipinski definition) is 2. The molecule has 1 fully saturated rings. The Morgan fingerprint density at radius 1 is 1.04 bits per heavy atom. The van der Waals surface area contributed by atoms with Crippen molar-refractivity contribution < 1.29 is 28.4 Å². The highest BCUT2D eigenvalue weighted by Gasteiger charge is 2.34. The number of likely N-dealkylation sites (tertiary alicyclic amines) is 1. The molecule has 1 aliphatic heterocycles. The maximum atomic E-state index is 13.7. The van der Waals surface area contributed by atoms with Crippen molar-refractivity contribution in [2.45, 2.75) is 45.9 Å². The largest absolute Gasteiger partial charge is 0.444 e. The number of primary amides is 1. The maximum Gasteiger partial charge on any atom is 0.410 e. The topological polar surface area (TPSA) is 164 Å². The van der Waals surface area contributed by atoms with Crippen molar-refractivity contribution in [1.82, 2.24) is 19.2 Å². The summed E-state index contributed by atoms with van der Waals surface area (Å²) in [7, 11) is 1.57. The molecule has 1 aliphatic rings. The summed E-state index contributed by atoms with van der Waals surface area (Å²) in [5.41, 5.74) is 8.95. The molecule has 0 atom stereocenters. The number of carbonyl (C=O) groups excluding carboxylic acids is 3. The van der Waals surface area contributed by atoms with Crippen LogP contribution >= 0.6 is 0 Å². The number of fused-ring (bicyclic) bond motifs is 1. The molecule has 2 aromatic carbocycles. The van der Waals surface area contributed by atoms with Crippen LogP contribution < -0.4 is 16.6 Å². The van der Waals surface area contributed by atoms with Crippen molar-refractivity contribution >= 4 is 34.5 Å². The molecule has 4 heterocycles. The third-order valence-corrected chi connectivity index (χ3v) is 8.19. The Kier molecular flexibility index (Phi) is 8.86. The van der Waals surface area contributed by atoms with E-state index in [1.807, 2.05) is 61.7 Å². The smallest absolute Gasteiger partial charge is 0.410 e. The number of nitrogens with two attached hydrogens (primary N) is 1. The second-order valence-corrected chi connectivity index (χ2v) is 13.0. The lowest BCUT2D eigenvalue weighted by Crippen LogP contribution is -2.56. The lowest BCUT2D eigenvalue weighted by molar-refractivity contribution is -0.0644. The Morgan fingerprint density at radius 3 is 2.41 bits per heavy atom. The third kappa shape index (κ3) is 6.97. The zero-order valence-corrected chi connectivity index (χ0v) is 28.0. The van der Waals surface area contributed by atoms with E-state index in [0.717, 1.165) is 22.2 Å². The van der Waals surface area contributed by atoms with Gasteiger partial charge in [-0.2, -0.15) is 4.74 Å². The Labute approximate surface area is 282 Å². The minimum atomic E-state index is -0.607. The standard InChI is InChI=1S/C36H38N6O7/c1-21-29(34(45)40(5)49-21)23-11-9-22(10-12-23)28-18-24-13-14-38-30(33(44)39-26-8-6-7-25(17-26)32(37)43)31(24)42(28)15-16-47-27-19-41(20-27)35(46)48-36(2,3)4/h6-14,17-18,27H,15-16,19-20H2,1-5H3,(H2,37,43)(H,39,44). The molecule has 13 nitrogen and oxygen atoms in total. The summed E-state index contributed by atoms with van der Waals surface area (Å²) in [6, 6.07) is 17.8. The molecule has 3 amide bonds. The number of rotatable bonds is 9. The number of aromatic nitrogens is 3. The minimum absolute atomic E-state index is 0.156. The second kappa shape index (κ2) is 13.1. The van der Waals surface area contributed by atoms with E-state index in [9.17, 15) is 19.2 Å². The fraction of sp³-hybridized carbons (Fsp3) is 0.306. The molecule has 1 saturated heterocycles. The summed E-state index contributed by atoms with van der Waals surface area (Å²) >= 11 is 0. The Balaban J connectivity index is 1.30. The van der Waals surface area contributed by atoms with Crippen molar-refractivity contribution in [1.29, 1.82) is 0 Å². The van der Waals surface area contributed by atoms with E-state index < -0.39 is 17.4 Å². The predicted molar refractivity (Wildman–Crippen MR) is 183 cm³/mol. The number of carbonyl (C=O) groups is 3. The Hall–Kier alpha value is -5.69. The number of nitrogens with one attached hydrogen (secondary N) is 1. The molecular weight excluding hydrogens is 628 g/mol. The SMILES string of the molecule is Cc1on(C)c(=O)c1-c1ccc(-c2cc3ccnc(C(=O)Nc4cccc(C(N)=O)c4)c3n2CCOC2CN(C(=O)OC(C)(C)C)C2)cc1. The third-order valence-electron chi connectivity index (χ3n) is 8.19. The lowest BCUT2D eigenvalue weighted by Gasteiger charge is -2.39. The van der Waals surface area contributed by atoms with Crippen LogP contribution in [0.15, 0.2) is 76.2 Å². The van der Waals surface area contributed by atoms with Crippen molar-refractivity contribution in [3.05, 3.63) is 94.2 Å². The molecule has 49 heavy (non-hydrogen) atoms. The highest BCUT2D eigenvalue weighted by molar-refractivity contribution is 6.11. The van der Waals surface area contributed by atoms with E-state index in [4.69, 9.17) is 19.7 Å². The molecule has 0 spiro atoms. The number of anilines is 1. The molecule has 3 aromatic heterocycles. The van der Waals surface area contributed by atoms with Gasteiger partial charge >= 0.3 is 6.09 Å². The molecule has 0 saturated carbocycles. The molecule has 0 bridgehead atoms. The van der Waals surface area contributed by atoms with Gasteiger partial charge in [-0.05, 0) is 69.2 Å². The van der Waals surface area contributed by atoms with Crippen LogP contribution in [-0.4, -0.2) is 68.5 Å². The summed E-state index contributed by atoms with van der Waals surface area (Å²) in [5, 5.41) is 3.62. The van der Waals surface area contributed by atoms with Crippen LogP contribution in [0, 0.1) is 6.92 Å². The molecule has 0 unspecified atom stereocenters. The van der Waals surface area contributed by atoms with Gasteiger partial charge in [-0.15, -0.1) is 0 Å². The average Bonchev–Trinajstić information content (AvgIpc) is 3.52. The molecule has 5 aromatic rings. The van der Waals surface area contributed by atoms with E-state index in [2.05, 4.69) is 10.3 Å². The van der Waals surface area contributed by atoms with Crippen molar-refractivity contribution in [3.63, 3.8) is 0 Å². The molecule has 0 radical (unpaired) electrons. The van der Waals surface area contributed by atoms with E-state index >= 15 is 0 Å². The number of nitrogens with zero attached hydrogens (tertiary/aromatic N) is 4. The fourth-order valence-electron chi connectivity index (χ4n) is 5.86. The number of amides is 3. The lowest BCUT2D eigenvalue weighted by atomic mass is 10.0. The van der Waals surface area contributed by atoms with Crippen LogP contribution in [-0.2, 0) is 23.1 Å². The highest BCUT2D eigenvalue weighted by Crippen LogP contribution is 2.32. The first-order chi connectivity index (χ1) is 23.3. The quantitative estimate of drug-likeness (QED) is 0.223. The summed E-state index contributed by atoms with van der Waals surface area (Å²) in [4.78, 5) is 56.5. The van der Waals surface area contributed by atoms with Gasteiger partial charge in [0.25, 0.3) is 11.5 Å². The van der Waals surface area contributed by atoms with Gasteiger partial charge in [0.2, 0.25) is 5.91 Å². The number of benzene rings is 2. The van der Waals surface area contributed by atoms with E-state index in [1.54, 1.807) is 43.3 Å². The van der Waals surface area contributed by atoms with Crippen LogP contribution in [0.2, 0.25) is 0 Å². The predicted octanol–water partition coefficient (Wildman–Crippen LogP) is 4.96. The Morgan fingerprint density at radius 2 is 1.76 bits per heavy atom. The summed E-state index contributed by atoms with van der Waals surface area (Å²) < 4.78 is 20.3. The van der Waals surface area contributed by atoms with E-state index in [-0.39, 0.29) is 29.0 Å². The number of pyridine rings is 1. The molecular formula is C36H38N6O7. The Bertz CT molecular complexity index is 2110. The van der Waals surface area contributed by atoms with Gasteiger partial charge in [0.15, 0.2) is 5.69 Å². The number of aryl methyl sites for hydroxylation is 2. The fourth-order valence-corrected chi connectivity index (χ4v) is 5.86. The van der Waals surface area contributed by atoms with Crippen molar-refractivity contribution in [3.8, 4) is 22.4 Å². The zero-order valence-electron chi connectivity index (χ0n) is 28.0. The monoisotopic (exact) mass is 666 g/mol. The summed E-state index contributed by atoms with van der Waals surface area (Å²) in [6.45, 7) is 8.73. The van der Waals surface area contributed by atoms with Crippen molar-refractivity contribution in [2.24, 2.45) is 12.8 Å². The summed E-state index contributed by atoms with van der Waals surface area (Å²) in [6.07, 6.45) is 1.04. The van der Waals surface area contributed by atoms with Crippen LogP contribution in [0.1, 0.15) is 47.4 Å². The van der Waals surface area contributed by atoms with Gasteiger partial charge in [0.1, 0.15) is 11.4 Å². The van der Waals surface area contributed by atoms with Gasteiger partial charge in [-0.1, -0.05) is 30.3 Å². The van der Waals surface area contributed by atoms with Gasteiger partial charge in [0.05, 0.1) is 36.9 Å². The van der Waals surface area contributed by atoms with Crippen LogP contribution in [0.4, 0.5) is 10.5 Å². The highest BCUT2D eigenvalue weighted by atomic mass is 16.6. The van der Waals surface area contributed by atoms with E-state index in [0.29, 0.717) is 48.8 Å². The zero-order chi connectivity index (χ0) is 35.0. The number of ether oxygens (including phenoxy) is 2. The first kappa shape index (κ1) is 33.2.